The Bertz CT molecular complexity index is 328. The smallest absolute Gasteiger partial charge is 0.234 e. The largest absolute Gasteiger partial charge is 0.481 e. The van der Waals surface area contributed by atoms with E-state index >= 15 is 0 Å². The molecule has 0 aliphatic heterocycles. The van der Waals surface area contributed by atoms with Crippen molar-refractivity contribution in [1.29, 1.82) is 0 Å². The fourth-order valence-corrected chi connectivity index (χ4v) is 1.16. The van der Waals surface area contributed by atoms with Gasteiger partial charge in [-0.2, -0.15) is 0 Å². The van der Waals surface area contributed by atoms with Crippen LogP contribution in [0.1, 0.15) is 5.56 Å². The van der Waals surface area contributed by atoms with Crippen molar-refractivity contribution in [2.24, 2.45) is 0 Å². The predicted molar refractivity (Wildman–Crippen MR) is 56.6 cm³/mol. The average molecular weight is 209 g/mol. The number of nitrogens with one attached hydrogen (secondary N) is 2. The van der Waals surface area contributed by atoms with Crippen LogP contribution in [0.15, 0.2) is 18.3 Å². The van der Waals surface area contributed by atoms with E-state index in [0.29, 0.717) is 19.0 Å². The zero-order valence-corrected chi connectivity index (χ0v) is 8.91. The van der Waals surface area contributed by atoms with Crippen molar-refractivity contribution in [1.82, 2.24) is 15.6 Å². The molecule has 0 fully saturated rings. The molecular formula is C10H15N3O2. The Balaban J connectivity index is 2.53. The number of rotatable bonds is 5. The molecule has 15 heavy (non-hydrogen) atoms. The summed E-state index contributed by atoms with van der Waals surface area (Å²) in [5, 5.41) is 5.53. The first-order valence-electron chi connectivity index (χ1n) is 4.67. The van der Waals surface area contributed by atoms with E-state index in [4.69, 9.17) is 4.74 Å². The molecule has 0 aliphatic rings. The molecule has 0 atom stereocenters. The zero-order valence-electron chi connectivity index (χ0n) is 8.91. The summed E-state index contributed by atoms with van der Waals surface area (Å²) in [4.78, 5) is 15.2. The highest BCUT2D eigenvalue weighted by Gasteiger charge is 2.04. The second-order valence-corrected chi connectivity index (χ2v) is 2.98. The SMILES string of the molecule is CNCC(=O)NCc1cccnc1OC. The third-order valence-corrected chi connectivity index (χ3v) is 1.86. The third kappa shape index (κ3) is 3.55. The Kier molecular flexibility index (Phi) is 4.56. The summed E-state index contributed by atoms with van der Waals surface area (Å²) in [7, 11) is 3.28. The molecule has 1 aromatic rings. The maximum atomic E-state index is 11.2. The van der Waals surface area contributed by atoms with E-state index in [1.54, 1.807) is 20.4 Å². The molecular weight excluding hydrogens is 194 g/mol. The number of aromatic nitrogens is 1. The van der Waals surface area contributed by atoms with E-state index in [2.05, 4.69) is 15.6 Å². The summed E-state index contributed by atoms with van der Waals surface area (Å²) < 4.78 is 5.06. The lowest BCUT2D eigenvalue weighted by Crippen LogP contribution is -2.31. The highest BCUT2D eigenvalue weighted by atomic mass is 16.5. The standard InChI is InChI=1S/C10H15N3O2/c1-11-7-9(14)13-6-8-4-3-5-12-10(8)15-2/h3-5,11H,6-7H2,1-2H3,(H,13,14). The van der Waals surface area contributed by atoms with Crippen molar-refractivity contribution in [3.05, 3.63) is 23.9 Å². The second-order valence-electron chi connectivity index (χ2n) is 2.98. The van der Waals surface area contributed by atoms with Gasteiger partial charge in [0, 0.05) is 18.3 Å². The van der Waals surface area contributed by atoms with Gasteiger partial charge in [-0.3, -0.25) is 4.79 Å². The maximum absolute atomic E-state index is 11.2. The van der Waals surface area contributed by atoms with Gasteiger partial charge < -0.3 is 15.4 Å². The number of likely N-dealkylation sites (N-methyl/N-ethyl adjacent to an activating group) is 1. The molecule has 0 spiro atoms. The summed E-state index contributed by atoms with van der Waals surface area (Å²) in [6.45, 7) is 0.736. The van der Waals surface area contributed by atoms with Crippen LogP contribution in [0.4, 0.5) is 0 Å². The Hall–Kier alpha value is -1.62. The molecule has 0 bridgehead atoms. The molecule has 0 saturated carbocycles. The zero-order chi connectivity index (χ0) is 11.1. The van der Waals surface area contributed by atoms with Crippen LogP contribution in [0.5, 0.6) is 5.88 Å². The van der Waals surface area contributed by atoms with Gasteiger partial charge in [-0.1, -0.05) is 6.07 Å². The summed E-state index contributed by atoms with van der Waals surface area (Å²) in [5.74, 6) is 0.491. The molecule has 1 aromatic heterocycles. The van der Waals surface area contributed by atoms with Gasteiger partial charge in [-0.25, -0.2) is 4.98 Å². The quantitative estimate of drug-likeness (QED) is 0.712. The number of hydrogen-bond donors (Lipinski definition) is 2. The summed E-state index contributed by atoms with van der Waals surface area (Å²) in [5.41, 5.74) is 0.865. The van der Waals surface area contributed by atoms with Gasteiger partial charge in [0.2, 0.25) is 11.8 Å². The van der Waals surface area contributed by atoms with Crippen LogP contribution in [0.2, 0.25) is 0 Å². The van der Waals surface area contributed by atoms with Crippen LogP contribution in [-0.4, -0.2) is 31.6 Å². The van der Waals surface area contributed by atoms with Gasteiger partial charge >= 0.3 is 0 Å². The third-order valence-electron chi connectivity index (χ3n) is 1.86. The molecule has 2 N–H and O–H groups in total. The number of nitrogens with zero attached hydrogens (tertiary/aromatic N) is 1. The van der Waals surface area contributed by atoms with E-state index in [-0.39, 0.29) is 5.91 Å². The van der Waals surface area contributed by atoms with Gasteiger partial charge in [0.05, 0.1) is 13.7 Å². The van der Waals surface area contributed by atoms with E-state index in [1.807, 2.05) is 12.1 Å². The lowest BCUT2D eigenvalue weighted by atomic mass is 10.2. The van der Waals surface area contributed by atoms with E-state index < -0.39 is 0 Å². The number of amides is 1. The molecule has 1 heterocycles. The fourth-order valence-electron chi connectivity index (χ4n) is 1.16. The van der Waals surface area contributed by atoms with Gasteiger partial charge in [0.1, 0.15) is 0 Å². The number of pyridine rings is 1. The number of methoxy groups -OCH3 is 1. The normalized spacial score (nSPS) is 9.73. The minimum Gasteiger partial charge on any atom is -0.481 e. The van der Waals surface area contributed by atoms with Crippen LogP contribution in [-0.2, 0) is 11.3 Å². The summed E-state index contributed by atoms with van der Waals surface area (Å²) in [6.07, 6.45) is 1.65. The average Bonchev–Trinajstić information content (AvgIpc) is 2.27. The van der Waals surface area contributed by atoms with E-state index in [1.165, 1.54) is 0 Å². The lowest BCUT2D eigenvalue weighted by Gasteiger charge is -2.07. The number of carbonyl (C=O) groups excluding carboxylic acids is 1. The Morgan fingerprint density at radius 3 is 3.07 bits per heavy atom. The monoisotopic (exact) mass is 209 g/mol. The Labute approximate surface area is 88.9 Å². The first kappa shape index (κ1) is 11.5. The van der Waals surface area contributed by atoms with Crippen LogP contribution >= 0.6 is 0 Å². The number of carbonyl (C=O) groups is 1. The highest BCUT2D eigenvalue weighted by molar-refractivity contribution is 5.77. The minimum absolute atomic E-state index is 0.0524. The lowest BCUT2D eigenvalue weighted by molar-refractivity contribution is -0.120. The van der Waals surface area contributed by atoms with Crippen molar-refractivity contribution in [3.8, 4) is 5.88 Å². The predicted octanol–water partition coefficient (Wildman–Crippen LogP) is -0.0742. The molecule has 0 unspecified atom stereocenters. The van der Waals surface area contributed by atoms with Crippen molar-refractivity contribution in [3.63, 3.8) is 0 Å². The molecule has 5 heteroatoms. The molecule has 0 radical (unpaired) electrons. The maximum Gasteiger partial charge on any atom is 0.234 e. The molecule has 0 saturated heterocycles. The number of hydrogen-bond acceptors (Lipinski definition) is 4. The second kappa shape index (κ2) is 5.98. The molecule has 82 valence electrons. The van der Waals surface area contributed by atoms with E-state index in [9.17, 15) is 4.79 Å². The summed E-state index contributed by atoms with van der Waals surface area (Å²) in [6, 6.07) is 3.67. The van der Waals surface area contributed by atoms with Crippen molar-refractivity contribution >= 4 is 5.91 Å². The molecule has 0 aliphatic carbocycles. The molecule has 5 nitrogen and oxygen atoms in total. The van der Waals surface area contributed by atoms with Crippen LogP contribution in [0, 0.1) is 0 Å². The van der Waals surface area contributed by atoms with Crippen LogP contribution in [0.3, 0.4) is 0 Å². The topological polar surface area (TPSA) is 63.2 Å². The van der Waals surface area contributed by atoms with Gasteiger partial charge in [-0.15, -0.1) is 0 Å². The van der Waals surface area contributed by atoms with Crippen molar-refractivity contribution in [2.45, 2.75) is 6.54 Å². The first-order chi connectivity index (χ1) is 7.27. The van der Waals surface area contributed by atoms with Gasteiger partial charge in [0.25, 0.3) is 0 Å². The van der Waals surface area contributed by atoms with Gasteiger partial charge in [0.15, 0.2) is 0 Å². The number of ether oxygens (including phenoxy) is 1. The van der Waals surface area contributed by atoms with Crippen molar-refractivity contribution < 1.29 is 9.53 Å². The van der Waals surface area contributed by atoms with Crippen LogP contribution in [0.25, 0.3) is 0 Å². The van der Waals surface area contributed by atoms with Gasteiger partial charge in [-0.05, 0) is 13.1 Å². The minimum atomic E-state index is -0.0524. The Morgan fingerprint density at radius 2 is 2.40 bits per heavy atom. The molecule has 1 rings (SSSR count). The van der Waals surface area contributed by atoms with Crippen molar-refractivity contribution in [2.75, 3.05) is 20.7 Å². The molecule has 1 amide bonds. The van der Waals surface area contributed by atoms with Crippen LogP contribution < -0.4 is 15.4 Å². The Morgan fingerprint density at radius 1 is 1.60 bits per heavy atom. The first-order valence-corrected chi connectivity index (χ1v) is 4.67. The highest BCUT2D eigenvalue weighted by Crippen LogP contribution is 2.12. The van der Waals surface area contributed by atoms with E-state index in [0.717, 1.165) is 5.56 Å². The molecule has 0 aromatic carbocycles. The fraction of sp³-hybridized carbons (Fsp3) is 0.400. The summed E-state index contributed by atoms with van der Waals surface area (Å²) >= 11 is 0.